The summed E-state index contributed by atoms with van der Waals surface area (Å²) in [7, 11) is 0. The third kappa shape index (κ3) is 14.3. The Kier molecular flexibility index (Phi) is 19.0. The SMILES string of the molecule is O=C(OC[C@H]1O[C@@H](OC(=O)c2cc(O)c(O)c(O)c2)[C@H](OC(=O)c2cc(O)c(O)c(OC(=O)c3cc(O)c(O)c(OC(=O)c4cc(O)c(O)c(OC(=O)c5cc(O)c(O)c(O)c5)c4)c3)c2)[C@@H](OC(=O)c2cc(O)c(O)c(O)c2)[C@@H]1OC(=O)c1cc(O)c(O)c(O)c1)c1cc(O)c(O)c(O)c1. The first kappa shape index (κ1) is 69.6. The molecule has 1 fully saturated rings. The smallest absolute Gasteiger partial charge is 0.343 e. The van der Waals surface area contributed by atoms with Gasteiger partial charge >= 0.3 is 47.8 Å². The molecule has 0 spiro atoms. The van der Waals surface area contributed by atoms with Gasteiger partial charge < -0.3 is 150 Å². The van der Waals surface area contributed by atoms with E-state index in [1.54, 1.807) is 0 Å². The largest absolute Gasteiger partial charge is 0.504 e. The number of hydrogen-bond acceptors (Lipinski definition) is 38. The van der Waals surface area contributed by atoms with Crippen LogP contribution in [0.3, 0.4) is 0 Å². The number of hydrogen-bond donors (Lipinski definition) is 21. The summed E-state index contributed by atoms with van der Waals surface area (Å²) in [5, 5.41) is 216. The number of aromatic hydroxyl groups is 21. The molecule has 1 aliphatic heterocycles. The van der Waals surface area contributed by atoms with Gasteiger partial charge in [-0.15, -0.1) is 0 Å². The molecule has 0 radical (unpaired) electrons. The van der Waals surface area contributed by atoms with Crippen molar-refractivity contribution in [1.82, 2.24) is 0 Å². The van der Waals surface area contributed by atoms with Gasteiger partial charge in [0, 0.05) is 0 Å². The molecule has 0 bridgehead atoms. The Bertz CT molecular complexity index is 4630. The Morgan fingerprint density at radius 1 is 0.250 bits per heavy atom. The van der Waals surface area contributed by atoms with Gasteiger partial charge in [0.1, 0.15) is 12.7 Å². The van der Waals surface area contributed by atoms with Crippen LogP contribution in [0.1, 0.15) is 82.9 Å². The quantitative estimate of drug-likeness (QED) is 0.0268. The highest BCUT2D eigenvalue weighted by Gasteiger charge is 2.55. The lowest BCUT2D eigenvalue weighted by molar-refractivity contribution is -0.282. The molecule has 9 rings (SSSR count). The minimum absolute atomic E-state index is 0.369. The highest BCUT2D eigenvalue weighted by Crippen LogP contribution is 2.46. The van der Waals surface area contributed by atoms with E-state index in [1.807, 2.05) is 0 Å². The Labute approximate surface area is 551 Å². The minimum Gasteiger partial charge on any atom is -0.504 e. The summed E-state index contributed by atoms with van der Waals surface area (Å²) in [6, 6.07) is 7.94. The van der Waals surface area contributed by atoms with Crippen molar-refractivity contribution in [2.45, 2.75) is 30.7 Å². The van der Waals surface area contributed by atoms with Crippen LogP contribution in [-0.2, 0) is 28.4 Å². The van der Waals surface area contributed by atoms with E-state index >= 15 is 0 Å². The van der Waals surface area contributed by atoms with E-state index in [0.717, 1.165) is 0 Å². The molecule has 5 atom stereocenters. The van der Waals surface area contributed by atoms with Gasteiger partial charge in [-0.05, 0) is 97.1 Å². The van der Waals surface area contributed by atoms with Crippen LogP contribution in [-0.4, -0.2) is 192 Å². The molecule has 38 heteroatoms. The van der Waals surface area contributed by atoms with Crippen LogP contribution in [0.25, 0.3) is 0 Å². The third-order valence-corrected chi connectivity index (χ3v) is 13.9. The molecular formula is C62H44O38. The maximum atomic E-state index is 14.7. The van der Waals surface area contributed by atoms with Gasteiger partial charge in [-0.2, -0.15) is 0 Å². The summed E-state index contributed by atoms with van der Waals surface area (Å²) in [5.41, 5.74) is -7.02. The fourth-order valence-electron chi connectivity index (χ4n) is 8.95. The second-order valence-electron chi connectivity index (χ2n) is 20.7. The summed E-state index contributed by atoms with van der Waals surface area (Å²) in [6.07, 6.45) is -13.3. The molecule has 520 valence electrons. The number of phenolic OH excluding ortho intramolecular Hbond substituents is 21. The molecule has 0 unspecified atom stereocenters. The molecule has 0 amide bonds. The number of carbonyl (C=O) groups is 8. The molecule has 1 heterocycles. The monoisotopic (exact) mass is 1400 g/mol. The summed E-state index contributed by atoms with van der Waals surface area (Å²) in [4.78, 5) is 111. The van der Waals surface area contributed by atoms with E-state index in [-0.39, 0.29) is 0 Å². The van der Waals surface area contributed by atoms with Crippen LogP contribution in [0, 0.1) is 0 Å². The number of benzene rings is 8. The van der Waals surface area contributed by atoms with Crippen LogP contribution in [0.15, 0.2) is 97.1 Å². The Hall–Kier alpha value is -14.7. The maximum absolute atomic E-state index is 14.7. The molecule has 38 nitrogen and oxygen atoms in total. The number of ether oxygens (including phenoxy) is 9. The molecular weight excluding hydrogens is 1350 g/mol. The van der Waals surface area contributed by atoms with Crippen molar-refractivity contribution < 1.29 is 188 Å². The average molecular weight is 1400 g/mol. The normalized spacial score (nSPS) is 15.5. The van der Waals surface area contributed by atoms with Gasteiger partial charge in [0.05, 0.1) is 44.5 Å². The Balaban J connectivity index is 1.09. The fraction of sp³-hybridized carbons (Fsp3) is 0.0968. The van der Waals surface area contributed by atoms with Crippen molar-refractivity contribution >= 4 is 47.8 Å². The first-order chi connectivity index (χ1) is 47.0. The second-order valence-corrected chi connectivity index (χ2v) is 20.7. The van der Waals surface area contributed by atoms with E-state index in [1.165, 1.54) is 0 Å². The van der Waals surface area contributed by atoms with Gasteiger partial charge in [-0.25, -0.2) is 38.4 Å². The Morgan fingerprint density at radius 3 is 0.750 bits per heavy atom. The molecule has 8 aromatic carbocycles. The lowest BCUT2D eigenvalue weighted by atomic mass is 9.97. The highest BCUT2D eigenvalue weighted by atomic mass is 16.7. The van der Waals surface area contributed by atoms with Crippen molar-refractivity contribution in [1.29, 1.82) is 0 Å². The van der Waals surface area contributed by atoms with E-state index in [9.17, 15) is 146 Å². The van der Waals surface area contributed by atoms with Crippen LogP contribution < -0.4 is 14.2 Å². The average Bonchev–Trinajstić information content (AvgIpc) is 0.764. The van der Waals surface area contributed by atoms with Crippen LogP contribution in [0.2, 0.25) is 0 Å². The first-order valence-corrected chi connectivity index (χ1v) is 27.3. The zero-order valence-electron chi connectivity index (χ0n) is 49.2. The van der Waals surface area contributed by atoms with Crippen molar-refractivity contribution in [3.05, 3.63) is 142 Å². The van der Waals surface area contributed by atoms with Crippen LogP contribution >= 0.6 is 0 Å². The summed E-state index contributed by atoms with van der Waals surface area (Å²) in [6.45, 7) is -1.40. The predicted octanol–water partition coefficient (Wildman–Crippen LogP) is 3.58. The number of esters is 8. The molecule has 0 aromatic heterocycles. The van der Waals surface area contributed by atoms with Crippen LogP contribution in [0.5, 0.6) is 138 Å². The summed E-state index contributed by atoms with van der Waals surface area (Å²) in [5.74, 6) is -42.0. The Morgan fingerprint density at radius 2 is 0.460 bits per heavy atom. The number of carbonyl (C=O) groups excluding carboxylic acids is 8. The highest BCUT2D eigenvalue weighted by molar-refractivity contribution is 5.99. The number of rotatable bonds is 17. The topological polar surface area (TPSA) is 644 Å². The molecule has 8 aromatic rings. The zero-order valence-corrected chi connectivity index (χ0v) is 49.2. The molecule has 100 heavy (non-hydrogen) atoms. The fourth-order valence-corrected chi connectivity index (χ4v) is 8.95. The van der Waals surface area contributed by atoms with Crippen molar-refractivity contribution in [3.8, 4) is 138 Å². The summed E-state index contributed by atoms with van der Waals surface area (Å²) < 4.78 is 49.0. The van der Waals surface area contributed by atoms with E-state index < -0.39 is 268 Å². The van der Waals surface area contributed by atoms with Gasteiger partial charge in [0.15, 0.2) is 133 Å². The van der Waals surface area contributed by atoms with Gasteiger partial charge in [0.2, 0.25) is 29.6 Å². The lowest BCUT2D eigenvalue weighted by Crippen LogP contribution is -2.63. The predicted molar refractivity (Wildman–Crippen MR) is 313 cm³/mol. The van der Waals surface area contributed by atoms with Gasteiger partial charge in [-0.1, -0.05) is 0 Å². The molecule has 0 aliphatic carbocycles. The molecule has 0 saturated carbocycles. The van der Waals surface area contributed by atoms with Crippen molar-refractivity contribution in [3.63, 3.8) is 0 Å². The van der Waals surface area contributed by atoms with Crippen LogP contribution in [0.4, 0.5) is 0 Å². The molecule has 21 N–H and O–H groups in total. The van der Waals surface area contributed by atoms with E-state index in [2.05, 4.69) is 0 Å². The second kappa shape index (κ2) is 27.3. The minimum atomic E-state index is -2.80. The first-order valence-electron chi connectivity index (χ1n) is 27.3. The van der Waals surface area contributed by atoms with E-state index in [0.29, 0.717) is 97.1 Å². The maximum Gasteiger partial charge on any atom is 0.343 e. The molecule has 1 aliphatic rings. The van der Waals surface area contributed by atoms with Gasteiger partial charge in [-0.3, -0.25) is 0 Å². The number of phenols is 21. The van der Waals surface area contributed by atoms with Gasteiger partial charge in [0.25, 0.3) is 0 Å². The van der Waals surface area contributed by atoms with E-state index in [4.69, 9.17) is 42.6 Å². The molecule has 1 saturated heterocycles. The standard InChI is InChI=1S/C62H44O38/c63-26-1-18(2-27(64)43(26)76)54(84)92-17-42-51(97-58(88)20-5-30(67)45(78)31(68)6-20)52(98-59(89)21-7-32(69)46(79)33(70)8-21)53(62(96-42)100-61(91)22-9-34(71)47(80)35(72)10-22)99-60(90)25-13-38(75)50(83)41(16-25)95-57(87)24-12-37(74)49(82)40(15-24)94-56(86)23-11-36(73)48(81)39(14-23)93-55(85)19-3-28(65)44(77)29(66)4-19/h1-16,42,51-53,62-83H,17H2/t42-,51-,52+,53-,62+/m1/s1. The summed E-state index contributed by atoms with van der Waals surface area (Å²) >= 11 is 0. The third-order valence-electron chi connectivity index (χ3n) is 13.9. The van der Waals surface area contributed by atoms with Crippen molar-refractivity contribution in [2.75, 3.05) is 6.61 Å². The van der Waals surface area contributed by atoms with Crippen molar-refractivity contribution in [2.24, 2.45) is 0 Å². The lowest BCUT2D eigenvalue weighted by Gasteiger charge is -2.43. The zero-order chi connectivity index (χ0) is 73.4.